The van der Waals surface area contributed by atoms with Gasteiger partial charge in [-0.05, 0) is 26.0 Å². The van der Waals surface area contributed by atoms with Crippen LogP contribution < -0.4 is 0 Å². The quantitative estimate of drug-likeness (QED) is 0.922. The van der Waals surface area contributed by atoms with Crippen LogP contribution in [-0.4, -0.2) is 55.9 Å². The lowest BCUT2D eigenvalue weighted by atomic mass is 10.1. The topological polar surface area (TPSA) is 57.4 Å². The van der Waals surface area contributed by atoms with Crippen molar-refractivity contribution in [3.63, 3.8) is 0 Å². The first-order valence-electron chi connectivity index (χ1n) is 8.68. The summed E-state index contributed by atoms with van der Waals surface area (Å²) in [6, 6.07) is 8.88. The van der Waals surface area contributed by atoms with Crippen LogP contribution in [-0.2, 0) is 19.6 Å². The number of benzene rings is 1. The molecule has 2 atom stereocenters. The van der Waals surface area contributed by atoms with Gasteiger partial charge in [0, 0.05) is 26.2 Å². The molecule has 24 heavy (non-hydrogen) atoms. The lowest BCUT2D eigenvalue weighted by Crippen LogP contribution is -2.34. The van der Waals surface area contributed by atoms with E-state index in [9.17, 15) is 5.11 Å². The Labute approximate surface area is 142 Å². The third kappa shape index (κ3) is 2.97. The van der Waals surface area contributed by atoms with E-state index in [0.29, 0.717) is 6.54 Å². The second-order valence-electron chi connectivity index (χ2n) is 7.17. The molecule has 0 amide bonds. The van der Waals surface area contributed by atoms with Gasteiger partial charge in [0.25, 0.3) is 0 Å². The fourth-order valence-electron chi connectivity index (χ4n) is 3.95. The summed E-state index contributed by atoms with van der Waals surface area (Å²) < 4.78 is 2.26. The minimum Gasteiger partial charge on any atom is -0.392 e. The molecule has 0 unspecified atom stereocenters. The van der Waals surface area contributed by atoms with E-state index in [1.807, 2.05) is 0 Å². The molecule has 2 aliphatic rings. The average molecular weight is 327 g/mol. The standard InChI is InChI=1S/C18H25N5O/c1-13-4-3-5-14(8-13)10-22-6-7-23-17(12-22)19-20-18(23)16-9-15(24)11-21(16)2/h3-5,8,15-16,24H,6-7,9-12H2,1-2H3/t15-,16+/m1/s1. The first-order valence-corrected chi connectivity index (χ1v) is 8.68. The molecule has 0 aliphatic carbocycles. The summed E-state index contributed by atoms with van der Waals surface area (Å²) in [5, 5.41) is 18.8. The number of likely N-dealkylation sites (N-methyl/N-ethyl adjacent to an activating group) is 1. The first-order chi connectivity index (χ1) is 11.6. The molecule has 6 nitrogen and oxygen atoms in total. The minimum atomic E-state index is -0.255. The van der Waals surface area contributed by atoms with Gasteiger partial charge >= 0.3 is 0 Å². The third-order valence-electron chi connectivity index (χ3n) is 5.17. The largest absolute Gasteiger partial charge is 0.392 e. The van der Waals surface area contributed by atoms with Crippen molar-refractivity contribution in [2.45, 2.75) is 45.1 Å². The van der Waals surface area contributed by atoms with Crippen molar-refractivity contribution in [3.05, 3.63) is 47.0 Å². The van der Waals surface area contributed by atoms with Crippen LogP contribution >= 0.6 is 0 Å². The van der Waals surface area contributed by atoms with E-state index in [1.165, 1.54) is 11.1 Å². The van der Waals surface area contributed by atoms with Crippen molar-refractivity contribution >= 4 is 0 Å². The van der Waals surface area contributed by atoms with E-state index in [4.69, 9.17) is 0 Å². The highest BCUT2D eigenvalue weighted by molar-refractivity contribution is 5.22. The van der Waals surface area contributed by atoms with Gasteiger partial charge in [-0.15, -0.1) is 10.2 Å². The fraction of sp³-hybridized carbons (Fsp3) is 0.556. The highest BCUT2D eigenvalue weighted by Gasteiger charge is 2.34. The minimum absolute atomic E-state index is 0.185. The van der Waals surface area contributed by atoms with Crippen LogP contribution in [0.25, 0.3) is 0 Å². The number of hydrogen-bond donors (Lipinski definition) is 1. The molecule has 1 N–H and O–H groups in total. The molecular weight excluding hydrogens is 302 g/mol. The molecule has 1 aromatic heterocycles. The Kier molecular flexibility index (Phi) is 4.12. The number of fused-ring (bicyclic) bond motifs is 1. The Bertz CT molecular complexity index is 728. The summed E-state index contributed by atoms with van der Waals surface area (Å²) in [6.07, 6.45) is 0.496. The molecule has 2 aliphatic heterocycles. The van der Waals surface area contributed by atoms with Gasteiger partial charge in [0.1, 0.15) is 5.82 Å². The van der Waals surface area contributed by atoms with Gasteiger partial charge in [-0.3, -0.25) is 9.80 Å². The summed E-state index contributed by atoms with van der Waals surface area (Å²) in [7, 11) is 2.05. The number of likely N-dealkylation sites (tertiary alicyclic amines) is 1. The van der Waals surface area contributed by atoms with Crippen LogP contribution in [0, 0.1) is 6.92 Å². The molecule has 1 fully saturated rings. The highest BCUT2D eigenvalue weighted by Crippen LogP contribution is 2.31. The van der Waals surface area contributed by atoms with Gasteiger partial charge in [0.2, 0.25) is 0 Å². The van der Waals surface area contributed by atoms with Crippen molar-refractivity contribution in [3.8, 4) is 0 Å². The van der Waals surface area contributed by atoms with Gasteiger partial charge in [-0.25, -0.2) is 0 Å². The fourth-order valence-corrected chi connectivity index (χ4v) is 3.95. The lowest BCUT2D eigenvalue weighted by molar-refractivity contribution is 0.182. The maximum atomic E-state index is 9.89. The summed E-state index contributed by atoms with van der Waals surface area (Å²) in [6.45, 7) is 6.56. The summed E-state index contributed by atoms with van der Waals surface area (Å²) >= 11 is 0. The number of β-amino-alcohol motifs (C(OH)–C–C–N with tert-alkyl or cyclic N) is 1. The predicted octanol–water partition coefficient (Wildman–Crippen LogP) is 1.34. The van der Waals surface area contributed by atoms with Crippen molar-refractivity contribution in [2.24, 2.45) is 0 Å². The van der Waals surface area contributed by atoms with Gasteiger partial charge in [0.05, 0.1) is 18.7 Å². The zero-order valence-electron chi connectivity index (χ0n) is 14.4. The summed E-state index contributed by atoms with van der Waals surface area (Å²) in [4.78, 5) is 4.61. The lowest BCUT2D eigenvalue weighted by Gasteiger charge is -2.29. The molecule has 4 rings (SSSR count). The van der Waals surface area contributed by atoms with Crippen LogP contribution in [0.5, 0.6) is 0 Å². The van der Waals surface area contributed by atoms with E-state index in [1.54, 1.807) is 0 Å². The Morgan fingerprint density at radius 2 is 2.12 bits per heavy atom. The molecule has 3 heterocycles. The number of aryl methyl sites for hydroxylation is 1. The molecule has 128 valence electrons. The zero-order chi connectivity index (χ0) is 16.7. The van der Waals surface area contributed by atoms with Crippen LogP contribution in [0.3, 0.4) is 0 Å². The van der Waals surface area contributed by atoms with Crippen LogP contribution in [0.4, 0.5) is 0 Å². The molecular formula is C18H25N5O. The Hall–Kier alpha value is -1.76. The number of aromatic nitrogens is 3. The third-order valence-corrected chi connectivity index (χ3v) is 5.17. The van der Waals surface area contributed by atoms with Gasteiger partial charge in [-0.2, -0.15) is 0 Å². The van der Waals surface area contributed by atoms with Gasteiger partial charge < -0.3 is 9.67 Å². The van der Waals surface area contributed by atoms with E-state index in [0.717, 1.165) is 44.2 Å². The SMILES string of the molecule is Cc1cccc(CN2CCn3c(nnc3[C@@H]3C[C@@H](O)CN3C)C2)c1. The van der Waals surface area contributed by atoms with Crippen molar-refractivity contribution in [1.29, 1.82) is 0 Å². The van der Waals surface area contributed by atoms with Crippen molar-refractivity contribution < 1.29 is 5.11 Å². The number of hydrogen-bond acceptors (Lipinski definition) is 5. The Morgan fingerprint density at radius 3 is 2.88 bits per heavy atom. The molecule has 0 saturated carbocycles. The normalized spacial score (nSPS) is 25.1. The van der Waals surface area contributed by atoms with E-state index in [2.05, 4.69) is 62.8 Å². The van der Waals surface area contributed by atoms with Crippen LogP contribution in [0.1, 0.15) is 35.2 Å². The highest BCUT2D eigenvalue weighted by atomic mass is 16.3. The van der Waals surface area contributed by atoms with Crippen LogP contribution in [0.2, 0.25) is 0 Å². The summed E-state index contributed by atoms with van der Waals surface area (Å²) in [5.74, 6) is 2.05. The van der Waals surface area contributed by atoms with Gasteiger partial charge in [-0.1, -0.05) is 29.8 Å². The maximum absolute atomic E-state index is 9.89. The maximum Gasteiger partial charge on any atom is 0.150 e. The van der Waals surface area contributed by atoms with Gasteiger partial charge in [0.15, 0.2) is 5.82 Å². The molecule has 1 saturated heterocycles. The number of aliphatic hydroxyl groups is 1. The second kappa shape index (κ2) is 6.27. The summed E-state index contributed by atoms with van der Waals surface area (Å²) in [5.41, 5.74) is 2.65. The Morgan fingerprint density at radius 1 is 1.25 bits per heavy atom. The molecule has 6 heteroatoms. The predicted molar refractivity (Wildman–Crippen MR) is 91.3 cm³/mol. The van der Waals surface area contributed by atoms with E-state index < -0.39 is 0 Å². The van der Waals surface area contributed by atoms with Crippen LogP contribution in [0.15, 0.2) is 24.3 Å². The number of rotatable bonds is 3. The Balaban J connectivity index is 1.49. The number of aliphatic hydroxyl groups excluding tert-OH is 1. The monoisotopic (exact) mass is 327 g/mol. The average Bonchev–Trinajstić information content (AvgIpc) is 3.09. The van der Waals surface area contributed by atoms with E-state index in [-0.39, 0.29) is 12.1 Å². The number of nitrogens with zero attached hydrogens (tertiary/aromatic N) is 5. The zero-order valence-corrected chi connectivity index (χ0v) is 14.4. The smallest absolute Gasteiger partial charge is 0.150 e. The molecule has 0 bridgehead atoms. The molecule has 0 radical (unpaired) electrons. The first kappa shape index (κ1) is 15.7. The van der Waals surface area contributed by atoms with E-state index >= 15 is 0 Å². The second-order valence-corrected chi connectivity index (χ2v) is 7.17. The van der Waals surface area contributed by atoms with Crippen molar-refractivity contribution in [2.75, 3.05) is 20.1 Å². The molecule has 0 spiro atoms. The van der Waals surface area contributed by atoms with Crippen molar-refractivity contribution in [1.82, 2.24) is 24.6 Å². The molecule has 2 aromatic rings. The molecule has 1 aromatic carbocycles.